The molecule has 8 heteroatoms. The van der Waals surface area contributed by atoms with Gasteiger partial charge >= 0.3 is 6.16 Å². The molecule has 0 aliphatic heterocycles. The van der Waals surface area contributed by atoms with E-state index in [4.69, 9.17) is 20.7 Å². The highest BCUT2D eigenvalue weighted by molar-refractivity contribution is 6.04. The monoisotopic (exact) mass is 360 g/mol. The molecule has 0 spiro atoms. The van der Waals surface area contributed by atoms with Crippen LogP contribution in [-0.4, -0.2) is 50.7 Å². The molecule has 0 radical (unpaired) electrons. The number of carboxylic acid groups (broad SMARTS) is 2. The van der Waals surface area contributed by atoms with Crippen molar-refractivity contribution in [2.75, 3.05) is 19.3 Å². The first kappa shape index (κ1) is 19.4. The number of anilines is 1. The normalized spacial score (nSPS) is 13.5. The first-order valence-electron chi connectivity index (χ1n) is 8.58. The molecule has 0 unspecified atom stereocenters. The molecule has 1 fully saturated rings. The van der Waals surface area contributed by atoms with Gasteiger partial charge in [0.15, 0.2) is 0 Å². The molecular formula is C18H24N4O4. The lowest BCUT2D eigenvalue weighted by Gasteiger charge is -2.26. The highest BCUT2D eigenvalue weighted by Gasteiger charge is 2.22. The summed E-state index contributed by atoms with van der Waals surface area (Å²) < 4.78 is 0. The summed E-state index contributed by atoms with van der Waals surface area (Å²) in [5.74, 6) is 0.669. The van der Waals surface area contributed by atoms with E-state index in [0.29, 0.717) is 18.2 Å². The number of hydrogen-bond donors (Lipinski definition) is 3. The Balaban J connectivity index is 0.000000552. The third kappa shape index (κ3) is 4.59. The number of hydrogen-bond acceptors (Lipinski definition) is 5. The van der Waals surface area contributed by atoms with Gasteiger partial charge in [0, 0.05) is 19.0 Å². The number of nitrogen functional groups attached to an aromatic ring is 1. The third-order valence-electron chi connectivity index (χ3n) is 4.42. The molecule has 1 aliphatic carbocycles. The van der Waals surface area contributed by atoms with E-state index in [0.717, 1.165) is 17.3 Å². The van der Waals surface area contributed by atoms with Crippen LogP contribution in [0.2, 0.25) is 0 Å². The van der Waals surface area contributed by atoms with E-state index in [1.165, 1.54) is 24.8 Å². The van der Waals surface area contributed by atoms with Crippen molar-refractivity contribution in [3.05, 3.63) is 29.5 Å². The van der Waals surface area contributed by atoms with Crippen LogP contribution in [0.1, 0.15) is 54.6 Å². The first-order valence-corrected chi connectivity index (χ1v) is 8.58. The van der Waals surface area contributed by atoms with Crippen molar-refractivity contribution in [3.63, 3.8) is 0 Å². The third-order valence-corrected chi connectivity index (χ3v) is 4.42. The van der Waals surface area contributed by atoms with E-state index in [1.807, 2.05) is 13.0 Å². The lowest BCUT2D eigenvalue weighted by Crippen LogP contribution is -2.28. The number of nitrogens with zero attached hydrogens (tertiary/aromatic N) is 3. The summed E-state index contributed by atoms with van der Waals surface area (Å²) in [4.78, 5) is 31.4. The van der Waals surface area contributed by atoms with Crippen LogP contribution < -0.4 is 5.73 Å². The van der Waals surface area contributed by atoms with E-state index in [2.05, 4.69) is 22.1 Å². The number of carbonyl (C=O) groups is 2. The van der Waals surface area contributed by atoms with Crippen LogP contribution in [0.5, 0.6) is 0 Å². The van der Waals surface area contributed by atoms with Crippen molar-refractivity contribution in [2.45, 2.75) is 38.5 Å². The second-order valence-electron chi connectivity index (χ2n) is 6.34. The van der Waals surface area contributed by atoms with E-state index < -0.39 is 6.16 Å². The Hall–Kier alpha value is -2.90. The summed E-state index contributed by atoms with van der Waals surface area (Å²) in [6.07, 6.45) is 2.81. The van der Waals surface area contributed by atoms with Crippen molar-refractivity contribution in [1.29, 1.82) is 0 Å². The standard InChI is InChI=1S/C17H22N4O.CH2O3/c1-3-9-21(2)16(22)15-13-10-12(11-5-4-6-11)7-8-14(13)19-17(18)20-15;2-1(3)4/h7-8,10-11H,3-6,9H2,1-2H3,(H2,18,19,20);(H2,2,3,4). The fourth-order valence-electron chi connectivity index (χ4n) is 2.94. The van der Waals surface area contributed by atoms with Crippen molar-refractivity contribution >= 4 is 28.9 Å². The predicted octanol–water partition coefficient (Wildman–Crippen LogP) is 3.18. The lowest BCUT2D eigenvalue weighted by atomic mass is 9.80. The number of fused-ring (bicyclic) bond motifs is 1. The Kier molecular flexibility index (Phi) is 6.32. The maximum Gasteiger partial charge on any atom is 0.503 e. The topological polar surface area (TPSA) is 130 Å². The maximum absolute atomic E-state index is 12.6. The van der Waals surface area contributed by atoms with Crippen LogP contribution >= 0.6 is 0 Å². The molecule has 140 valence electrons. The van der Waals surface area contributed by atoms with Gasteiger partial charge < -0.3 is 20.8 Å². The Morgan fingerprint density at radius 1 is 1.27 bits per heavy atom. The quantitative estimate of drug-likeness (QED) is 0.763. The molecule has 2 aromatic rings. The van der Waals surface area contributed by atoms with Crippen molar-refractivity contribution in [1.82, 2.24) is 14.9 Å². The minimum atomic E-state index is -1.83. The van der Waals surface area contributed by atoms with E-state index in [9.17, 15) is 4.79 Å². The molecular weight excluding hydrogens is 336 g/mol. The van der Waals surface area contributed by atoms with Gasteiger partial charge in [-0.1, -0.05) is 19.4 Å². The predicted molar refractivity (Wildman–Crippen MR) is 98.4 cm³/mol. The van der Waals surface area contributed by atoms with Gasteiger partial charge in [-0.3, -0.25) is 4.79 Å². The summed E-state index contributed by atoms with van der Waals surface area (Å²) in [5.41, 5.74) is 8.21. The van der Waals surface area contributed by atoms with Gasteiger partial charge in [0.2, 0.25) is 5.95 Å². The van der Waals surface area contributed by atoms with Crippen LogP contribution in [0.4, 0.5) is 10.7 Å². The fourth-order valence-corrected chi connectivity index (χ4v) is 2.94. The van der Waals surface area contributed by atoms with Gasteiger partial charge in [-0.05, 0) is 42.9 Å². The van der Waals surface area contributed by atoms with Crippen LogP contribution in [0.25, 0.3) is 10.9 Å². The molecule has 1 amide bonds. The van der Waals surface area contributed by atoms with Crippen LogP contribution in [0.15, 0.2) is 18.2 Å². The number of carbonyl (C=O) groups excluding carboxylic acids is 1. The molecule has 3 rings (SSSR count). The smallest absolute Gasteiger partial charge is 0.450 e. The van der Waals surface area contributed by atoms with E-state index in [-0.39, 0.29) is 11.9 Å². The highest BCUT2D eigenvalue weighted by atomic mass is 16.6. The molecule has 4 N–H and O–H groups in total. The lowest BCUT2D eigenvalue weighted by molar-refractivity contribution is 0.0791. The average Bonchev–Trinajstić information content (AvgIpc) is 2.51. The van der Waals surface area contributed by atoms with Gasteiger partial charge in [-0.15, -0.1) is 0 Å². The van der Waals surface area contributed by atoms with Crippen LogP contribution in [0, 0.1) is 0 Å². The van der Waals surface area contributed by atoms with E-state index >= 15 is 0 Å². The second-order valence-corrected chi connectivity index (χ2v) is 6.34. The van der Waals surface area contributed by atoms with Gasteiger partial charge in [-0.2, -0.15) is 0 Å². The minimum absolute atomic E-state index is 0.0910. The van der Waals surface area contributed by atoms with Crippen molar-refractivity contribution in [2.24, 2.45) is 0 Å². The van der Waals surface area contributed by atoms with Gasteiger partial charge in [0.25, 0.3) is 5.91 Å². The Morgan fingerprint density at radius 3 is 2.46 bits per heavy atom. The van der Waals surface area contributed by atoms with Gasteiger partial charge in [0.05, 0.1) is 5.52 Å². The Morgan fingerprint density at radius 2 is 1.92 bits per heavy atom. The molecule has 1 saturated carbocycles. The second kappa shape index (κ2) is 8.46. The van der Waals surface area contributed by atoms with Crippen LogP contribution in [-0.2, 0) is 0 Å². The zero-order valence-electron chi connectivity index (χ0n) is 15.0. The molecule has 1 aromatic heterocycles. The summed E-state index contributed by atoms with van der Waals surface area (Å²) in [6, 6.07) is 6.13. The minimum Gasteiger partial charge on any atom is -0.450 e. The molecule has 0 saturated heterocycles. The largest absolute Gasteiger partial charge is 0.503 e. The summed E-state index contributed by atoms with van der Waals surface area (Å²) >= 11 is 0. The zero-order valence-corrected chi connectivity index (χ0v) is 15.0. The van der Waals surface area contributed by atoms with Crippen LogP contribution in [0.3, 0.4) is 0 Å². The number of aromatic nitrogens is 2. The molecule has 0 bridgehead atoms. The number of amides is 1. The molecule has 1 heterocycles. The molecule has 0 atom stereocenters. The summed E-state index contributed by atoms with van der Waals surface area (Å²) in [5, 5.41) is 14.8. The fraction of sp³-hybridized carbons (Fsp3) is 0.444. The molecule has 8 nitrogen and oxygen atoms in total. The molecule has 26 heavy (non-hydrogen) atoms. The van der Waals surface area contributed by atoms with Gasteiger partial charge in [-0.25, -0.2) is 14.8 Å². The van der Waals surface area contributed by atoms with Crippen molar-refractivity contribution in [3.8, 4) is 0 Å². The SMILES string of the molecule is CCCN(C)C(=O)c1nc(N)nc2ccc(C3CCC3)cc12.O=C(O)O. The number of benzene rings is 1. The Bertz CT molecular complexity index is 801. The molecule has 1 aromatic carbocycles. The average molecular weight is 360 g/mol. The van der Waals surface area contributed by atoms with E-state index in [1.54, 1.807) is 11.9 Å². The Labute approximate surface area is 151 Å². The maximum atomic E-state index is 12.6. The zero-order chi connectivity index (χ0) is 19.3. The highest BCUT2D eigenvalue weighted by Crippen LogP contribution is 2.37. The van der Waals surface area contributed by atoms with Crippen molar-refractivity contribution < 1.29 is 19.8 Å². The van der Waals surface area contributed by atoms with Gasteiger partial charge in [0.1, 0.15) is 5.69 Å². The number of rotatable bonds is 4. The summed E-state index contributed by atoms with van der Waals surface area (Å²) in [7, 11) is 1.80. The first-order chi connectivity index (χ1) is 12.3. The number of nitrogens with two attached hydrogens (primary N) is 1. The molecule has 1 aliphatic rings. The summed E-state index contributed by atoms with van der Waals surface area (Å²) in [6.45, 7) is 2.75.